The van der Waals surface area contributed by atoms with Crippen LogP contribution in [0.25, 0.3) is 10.1 Å². The van der Waals surface area contributed by atoms with E-state index in [1.807, 2.05) is 13.8 Å². The Morgan fingerprint density at radius 2 is 1.81 bits per heavy atom. The van der Waals surface area contributed by atoms with Crippen LogP contribution in [-0.4, -0.2) is 11.8 Å². The summed E-state index contributed by atoms with van der Waals surface area (Å²) >= 11 is 1.31. The number of halogens is 3. The summed E-state index contributed by atoms with van der Waals surface area (Å²) in [6.45, 7) is 6.94. The van der Waals surface area contributed by atoms with E-state index in [0.29, 0.717) is 28.0 Å². The number of hydrogen-bond donors (Lipinski definition) is 0. The normalized spacial score (nSPS) is 11.8. The number of benzene rings is 2. The zero-order chi connectivity index (χ0) is 23.6. The van der Waals surface area contributed by atoms with Gasteiger partial charge in [-0.2, -0.15) is 13.2 Å². The largest absolute Gasteiger partial charge is 0.416 e. The SMILES string of the molecule is CC(=O)OOc1ccc(C(=O)CCc2sc3cc(C(F)(F)F)ccc3c2C(C)C)cc1C. The smallest absolute Gasteiger partial charge is 0.294 e. The first-order valence-electron chi connectivity index (χ1n) is 10.1. The van der Waals surface area contributed by atoms with Crippen molar-refractivity contribution in [2.45, 2.75) is 52.6 Å². The van der Waals surface area contributed by atoms with Crippen LogP contribution >= 0.6 is 11.3 Å². The molecule has 0 saturated heterocycles. The molecule has 0 amide bonds. The molecule has 0 aliphatic heterocycles. The molecule has 0 atom stereocenters. The molecule has 1 aromatic heterocycles. The number of Topliss-reactive ketones (excluding diaryl/α,β-unsaturated/α-hetero) is 1. The molecule has 170 valence electrons. The van der Waals surface area contributed by atoms with E-state index in [0.717, 1.165) is 21.9 Å². The van der Waals surface area contributed by atoms with E-state index in [1.165, 1.54) is 30.4 Å². The van der Waals surface area contributed by atoms with Crippen LogP contribution < -0.4 is 4.89 Å². The van der Waals surface area contributed by atoms with Crippen molar-refractivity contribution >= 4 is 33.2 Å². The lowest BCUT2D eigenvalue weighted by Crippen LogP contribution is -2.06. The molecule has 4 nitrogen and oxygen atoms in total. The molecule has 0 unspecified atom stereocenters. The Morgan fingerprint density at radius 1 is 1.09 bits per heavy atom. The molecule has 0 N–H and O–H groups in total. The van der Waals surface area contributed by atoms with Crippen molar-refractivity contribution < 1.29 is 32.5 Å². The number of aryl methyl sites for hydroxylation is 2. The minimum Gasteiger partial charge on any atom is -0.294 e. The highest BCUT2D eigenvalue weighted by Gasteiger charge is 2.31. The Morgan fingerprint density at radius 3 is 2.41 bits per heavy atom. The monoisotopic (exact) mass is 464 g/mol. The van der Waals surface area contributed by atoms with Gasteiger partial charge < -0.3 is 0 Å². The maximum atomic E-state index is 13.1. The van der Waals surface area contributed by atoms with Crippen LogP contribution in [0, 0.1) is 6.92 Å². The highest BCUT2D eigenvalue weighted by Crippen LogP contribution is 2.40. The third-order valence-corrected chi connectivity index (χ3v) is 6.26. The summed E-state index contributed by atoms with van der Waals surface area (Å²) in [4.78, 5) is 34.0. The first-order valence-corrected chi connectivity index (χ1v) is 10.9. The van der Waals surface area contributed by atoms with Crippen molar-refractivity contribution in [3.63, 3.8) is 0 Å². The van der Waals surface area contributed by atoms with E-state index < -0.39 is 17.7 Å². The second-order valence-electron chi connectivity index (χ2n) is 7.86. The summed E-state index contributed by atoms with van der Waals surface area (Å²) in [7, 11) is 0. The van der Waals surface area contributed by atoms with Gasteiger partial charge in [-0.15, -0.1) is 11.3 Å². The van der Waals surface area contributed by atoms with Crippen molar-refractivity contribution in [2.75, 3.05) is 0 Å². The molecule has 8 heteroatoms. The lowest BCUT2D eigenvalue weighted by molar-refractivity contribution is -0.211. The minimum atomic E-state index is -4.39. The van der Waals surface area contributed by atoms with Crippen LogP contribution in [0.2, 0.25) is 0 Å². The molecule has 0 radical (unpaired) electrons. The Balaban J connectivity index is 1.80. The number of ketones is 1. The van der Waals surface area contributed by atoms with E-state index in [1.54, 1.807) is 25.1 Å². The molecule has 0 aliphatic rings. The molecule has 0 bridgehead atoms. The third kappa shape index (κ3) is 5.30. The lowest BCUT2D eigenvalue weighted by Gasteiger charge is -2.10. The zero-order valence-corrected chi connectivity index (χ0v) is 18.9. The Bertz CT molecular complexity index is 1160. The number of carbonyl (C=O) groups is 2. The van der Waals surface area contributed by atoms with Gasteiger partial charge in [-0.1, -0.05) is 19.9 Å². The van der Waals surface area contributed by atoms with Crippen molar-refractivity contribution in [3.8, 4) is 5.75 Å². The number of rotatable bonds is 7. The first kappa shape index (κ1) is 23.8. The summed E-state index contributed by atoms with van der Waals surface area (Å²) in [6.07, 6.45) is -3.73. The number of hydrogen-bond acceptors (Lipinski definition) is 5. The molecule has 0 saturated carbocycles. The predicted octanol–water partition coefficient (Wildman–Crippen LogP) is 7.02. The van der Waals surface area contributed by atoms with Crippen molar-refractivity contribution in [2.24, 2.45) is 0 Å². The summed E-state index contributed by atoms with van der Waals surface area (Å²) in [5.41, 5.74) is 1.45. The van der Waals surface area contributed by atoms with Crippen LogP contribution in [0.4, 0.5) is 13.2 Å². The van der Waals surface area contributed by atoms with Gasteiger partial charge in [0.15, 0.2) is 11.5 Å². The maximum absolute atomic E-state index is 13.1. The van der Waals surface area contributed by atoms with Gasteiger partial charge in [0, 0.05) is 28.5 Å². The number of alkyl halides is 3. The third-order valence-electron chi connectivity index (χ3n) is 5.03. The Hall–Kier alpha value is -2.87. The van der Waals surface area contributed by atoms with Crippen molar-refractivity contribution in [3.05, 3.63) is 63.5 Å². The summed E-state index contributed by atoms with van der Waals surface area (Å²) in [6, 6.07) is 8.63. The quantitative estimate of drug-likeness (QED) is 0.214. The van der Waals surface area contributed by atoms with Gasteiger partial charge in [-0.05, 0) is 66.1 Å². The van der Waals surface area contributed by atoms with Gasteiger partial charge in [-0.25, -0.2) is 4.79 Å². The van der Waals surface area contributed by atoms with Gasteiger partial charge in [0.25, 0.3) is 0 Å². The fraction of sp³-hybridized carbons (Fsp3) is 0.333. The van der Waals surface area contributed by atoms with E-state index >= 15 is 0 Å². The Kier molecular flexibility index (Phi) is 6.93. The molecule has 0 spiro atoms. The van der Waals surface area contributed by atoms with Crippen LogP contribution in [0.15, 0.2) is 36.4 Å². The zero-order valence-electron chi connectivity index (χ0n) is 18.1. The van der Waals surface area contributed by atoms with E-state index in [2.05, 4.69) is 4.89 Å². The highest BCUT2D eigenvalue weighted by molar-refractivity contribution is 7.19. The summed E-state index contributed by atoms with van der Waals surface area (Å²) in [5, 5.41) is 0.809. The van der Waals surface area contributed by atoms with Gasteiger partial charge in [0.1, 0.15) is 0 Å². The molecule has 1 heterocycles. The number of thiophene rings is 1. The van der Waals surface area contributed by atoms with Crippen molar-refractivity contribution in [1.82, 2.24) is 0 Å². The molecule has 32 heavy (non-hydrogen) atoms. The van der Waals surface area contributed by atoms with Gasteiger partial charge in [0.2, 0.25) is 0 Å². The van der Waals surface area contributed by atoms with Crippen LogP contribution in [0.3, 0.4) is 0 Å². The fourth-order valence-corrected chi connectivity index (χ4v) is 4.95. The van der Waals surface area contributed by atoms with Crippen LogP contribution in [0.5, 0.6) is 5.75 Å². The molecular formula is C24H23F3O4S. The molecule has 2 aromatic carbocycles. The predicted molar refractivity (Wildman–Crippen MR) is 117 cm³/mol. The standard InChI is InChI=1S/C24H23F3O4S/c1-13(2)23-18-7-6-17(24(25,26)27)12-22(18)32-21(23)10-8-19(29)16-5-9-20(14(3)11-16)31-30-15(4)28/h5-7,9,11-13H,8,10H2,1-4H3. The Labute approximate surface area is 187 Å². The minimum absolute atomic E-state index is 0.0877. The summed E-state index contributed by atoms with van der Waals surface area (Å²) < 4.78 is 39.9. The average Bonchev–Trinajstić information content (AvgIpc) is 3.08. The maximum Gasteiger partial charge on any atom is 0.416 e. The van der Waals surface area contributed by atoms with Gasteiger partial charge in [0.05, 0.1) is 5.56 Å². The first-order chi connectivity index (χ1) is 15.0. The second-order valence-corrected chi connectivity index (χ2v) is 9.00. The topological polar surface area (TPSA) is 52.6 Å². The number of carbonyl (C=O) groups excluding carboxylic acids is 2. The van der Waals surface area contributed by atoms with E-state index in [9.17, 15) is 22.8 Å². The lowest BCUT2D eigenvalue weighted by atomic mass is 9.96. The van der Waals surface area contributed by atoms with E-state index in [4.69, 9.17) is 4.89 Å². The van der Waals surface area contributed by atoms with Crippen LogP contribution in [0.1, 0.15) is 65.0 Å². The van der Waals surface area contributed by atoms with Gasteiger partial charge >= 0.3 is 12.1 Å². The molecule has 0 aliphatic carbocycles. The van der Waals surface area contributed by atoms with Gasteiger partial charge in [-0.3, -0.25) is 14.6 Å². The molecule has 3 aromatic rings. The highest BCUT2D eigenvalue weighted by atomic mass is 32.1. The van der Waals surface area contributed by atoms with Crippen LogP contribution in [-0.2, 0) is 22.3 Å². The molecular weight excluding hydrogens is 441 g/mol. The fourth-order valence-electron chi connectivity index (χ4n) is 3.55. The van der Waals surface area contributed by atoms with E-state index in [-0.39, 0.29) is 18.1 Å². The average molecular weight is 465 g/mol. The summed E-state index contributed by atoms with van der Waals surface area (Å²) in [5.74, 6) is -0.221. The number of fused-ring (bicyclic) bond motifs is 1. The second kappa shape index (κ2) is 9.32. The molecule has 3 rings (SSSR count). The molecule has 0 fully saturated rings. The van der Waals surface area contributed by atoms with Crippen molar-refractivity contribution in [1.29, 1.82) is 0 Å².